The van der Waals surface area contributed by atoms with E-state index in [0.717, 1.165) is 0 Å². The molecule has 0 aliphatic carbocycles. The van der Waals surface area contributed by atoms with Crippen LogP contribution in [0, 0.1) is 0 Å². The quantitative estimate of drug-likeness (QED) is 0.396. The number of unbranched alkanes of at least 4 members (excludes halogenated alkanes) is 5. The summed E-state index contributed by atoms with van der Waals surface area (Å²) >= 11 is 0. The van der Waals surface area contributed by atoms with Crippen LogP contribution >= 0.6 is 0 Å². The van der Waals surface area contributed by atoms with Crippen LogP contribution < -0.4 is 4.90 Å². The fraction of sp³-hybridized carbons (Fsp3) is 1.00. The first-order valence-electron chi connectivity index (χ1n) is 4.92. The predicted octanol–water partition coefficient (Wildman–Crippen LogP) is 2.75. The Kier molecular flexibility index (Phi) is 8.03. The average Bonchev–Trinajstić information content (AvgIpc) is 1.96. The zero-order valence-electron chi connectivity index (χ0n) is 8.40. The zero-order chi connectivity index (χ0) is 8.53. The van der Waals surface area contributed by atoms with Gasteiger partial charge in [0.05, 0.1) is 0 Å². The molecule has 0 aliphatic heterocycles. The standard InChI is InChI=1S/C10H23N/c1-4-5-6-7-8-9-10-11(2)3/h4-10H2,1-3H3/q+1. The fourth-order valence-electron chi connectivity index (χ4n) is 1.21. The Hall–Kier alpha value is -0.0400. The molecule has 0 saturated carbocycles. The van der Waals surface area contributed by atoms with E-state index in [9.17, 15) is 0 Å². The van der Waals surface area contributed by atoms with Crippen LogP contribution in [0.1, 0.15) is 45.4 Å². The molecule has 0 amide bonds. The summed E-state index contributed by atoms with van der Waals surface area (Å²) in [6.07, 6.45) is 8.43. The third-order valence-electron chi connectivity index (χ3n) is 1.96. The molecule has 0 N–H and O–H groups in total. The largest absolute Gasteiger partial charge is 0.175 e. The molecule has 0 atom stereocenters. The minimum atomic E-state index is 1.26. The number of nitrogens with zero attached hydrogens (tertiary/aromatic N) is 1. The Balaban J connectivity index is 2.80. The molecule has 0 aromatic rings. The van der Waals surface area contributed by atoms with Crippen molar-refractivity contribution < 1.29 is 0 Å². The van der Waals surface area contributed by atoms with Crippen molar-refractivity contribution in [3.63, 3.8) is 0 Å². The summed E-state index contributed by atoms with van der Waals surface area (Å²) in [6.45, 7) is 3.52. The molecule has 0 fully saturated rings. The molecule has 0 spiro atoms. The molecule has 0 rings (SSSR count). The van der Waals surface area contributed by atoms with Gasteiger partial charge in [-0.2, -0.15) is 4.90 Å². The molecule has 1 nitrogen and oxygen atoms in total. The first-order chi connectivity index (χ1) is 5.27. The van der Waals surface area contributed by atoms with E-state index in [1.54, 1.807) is 0 Å². The summed E-state index contributed by atoms with van der Waals surface area (Å²) in [5, 5.41) is 0. The summed E-state index contributed by atoms with van der Waals surface area (Å²) < 4.78 is 0. The summed E-state index contributed by atoms with van der Waals surface area (Å²) in [4.78, 5) is 2.26. The van der Waals surface area contributed by atoms with Gasteiger partial charge in [0, 0.05) is 6.42 Å². The first-order valence-corrected chi connectivity index (χ1v) is 4.92. The Bertz CT molecular complexity index is 69.3. The van der Waals surface area contributed by atoms with Crippen LogP contribution in [0.2, 0.25) is 0 Å². The lowest BCUT2D eigenvalue weighted by atomic mass is 10.1. The molecular weight excluding hydrogens is 134 g/mol. The molecule has 0 saturated heterocycles. The Morgan fingerprint density at radius 3 is 1.91 bits per heavy atom. The number of hydrogen-bond donors (Lipinski definition) is 0. The van der Waals surface area contributed by atoms with Crippen molar-refractivity contribution in [1.82, 2.24) is 4.90 Å². The van der Waals surface area contributed by atoms with Crippen LogP contribution in [-0.4, -0.2) is 20.6 Å². The van der Waals surface area contributed by atoms with Crippen LogP contribution in [-0.2, 0) is 0 Å². The molecule has 0 aliphatic rings. The third kappa shape index (κ3) is 9.96. The van der Waals surface area contributed by atoms with Gasteiger partial charge in [0.15, 0.2) is 0 Å². The van der Waals surface area contributed by atoms with E-state index in [0.29, 0.717) is 0 Å². The highest BCUT2D eigenvalue weighted by atomic mass is 15.0. The van der Waals surface area contributed by atoms with Crippen LogP contribution in [0.5, 0.6) is 0 Å². The van der Waals surface area contributed by atoms with Crippen LogP contribution in [0.25, 0.3) is 0 Å². The summed E-state index contributed by atoms with van der Waals surface area (Å²) in [7, 11) is 4.29. The van der Waals surface area contributed by atoms with Crippen LogP contribution in [0.3, 0.4) is 0 Å². The van der Waals surface area contributed by atoms with Crippen molar-refractivity contribution in [2.24, 2.45) is 0 Å². The molecule has 11 heavy (non-hydrogen) atoms. The van der Waals surface area contributed by atoms with Crippen molar-refractivity contribution in [3.05, 3.63) is 0 Å². The monoisotopic (exact) mass is 157 g/mol. The van der Waals surface area contributed by atoms with Crippen molar-refractivity contribution in [2.75, 3.05) is 20.6 Å². The third-order valence-corrected chi connectivity index (χ3v) is 1.96. The fourth-order valence-corrected chi connectivity index (χ4v) is 1.21. The van der Waals surface area contributed by atoms with Crippen LogP contribution in [0.15, 0.2) is 0 Å². The molecule has 67 valence electrons. The molecule has 1 heteroatoms. The van der Waals surface area contributed by atoms with Crippen LogP contribution in [0.4, 0.5) is 0 Å². The highest BCUT2D eigenvalue weighted by molar-refractivity contribution is 4.50. The van der Waals surface area contributed by atoms with E-state index in [1.807, 2.05) is 0 Å². The molecule has 0 unspecified atom stereocenters. The van der Waals surface area contributed by atoms with Crippen molar-refractivity contribution >= 4 is 0 Å². The van der Waals surface area contributed by atoms with Gasteiger partial charge in [-0.25, -0.2) is 0 Å². The lowest BCUT2D eigenvalue weighted by Gasteiger charge is -2.00. The molecular formula is C10H23N+. The predicted molar refractivity (Wildman–Crippen MR) is 52.2 cm³/mol. The lowest BCUT2D eigenvalue weighted by Crippen LogP contribution is -2.19. The molecule has 0 aromatic heterocycles. The highest BCUT2D eigenvalue weighted by Crippen LogP contribution is 2.04. The minimum Gasteiger partial charge on any atom is -0.175 e. The Labute approximate surface area is 71.8 Å². The van der Waals surface area contributed by atoms with Gasteiger partial charge in [-0.3, -0.25) is 0 Å². The second-order valence-electron chi connectivity index (χ2n) is 3.57. The Morgan fingerprint density at radius 1 is 0.818 bits per heavy atom. The maximum atomic E-state index is 2.26. The van der Waals surface area contributed by atoms with Gasteiger partial charge in [-0.1, -0.05) is 32.6 Å². The molecule has 0 aromatic carbocycles. The van der Waals surface area contributed by atoms with Gasteiger partial charge in [0.25, 0.3) is 0 Å². The van der Waals surface area contributed by atoms with Gasteiger partial charge in [0.1, 0.15) is 20.6 Å². The van der Waals surface area contributed by atoms with Gasteiger partial charge in [-0.15, -0.1) is 0 Å². The number of rotatable bonds is 7. The van der Waals surface area contributed by atoms with Gasteiger partial charge >= 0.3 is 0 Å². The van der Waals surface area contributed by atoms with Crippen molar-refractivity contribution in [1.29, 1.82) is 0 Å². The lowest BCUT2D eigenvalue weighted by molar-refractivity contribution is 0.509. The van der Waals surface area contributed by atoms with Gasteiger partial charge in [-0.05, 0) is 6.42 Å². The second-order valence-corrected chi connectivity index (χ2v) is 3.57. The highest BCUT2D eigenvalue weighted by Gasteiger charge is 1.97. The maximum Gasteiger partial charge on any atom is 0.122 e. The van der Waals surface area contributed by atoms with E-state index in [2.05, 4.69) is 25.9 Å². The van der Waals surface area contributed by atoms with E-state index in [4.69, 9.17) is 0 Å². The van der Waals surface area contributed by atoms with E-state index in [1.165, 1.54) is 45.1 Å². The first kappa shape index (κ1) is 11.0. The van der Waals surface area contributed by atoms with E-state index >= 15 is 0 Å². The Morgan fingerprint density at radius 2 is 1.36 bits per heavy atom. The maximum absolute atomic E-state index is 2.26. The summed E-state index contributed by atoms with van der Waals surface area (Å²) in [5.74, 6) is 0. The van der Waals surface area contributed by atoms with Gasteiger partial charge < -0.3 is 0 Å². The smallest absolute Gasteiger partial charge is 0.122 e. The topological polar surface area (TPSA) is 5.90 Å². The number of hydrogen-bond acceptors (Lipinski definition) is 1. The zero-order valence-corrected chi connectivity index (χ0v) is 8.40. The minimum absolute atomic E-state index is 1.26. The van der Waals surface area contributed by atoms with E-state index in [-0.39, 0.29) is 0 Å². The average molecular weight is 157 g/mol. The SMILES string of the molecule is CCCCCCCC[N+](C)C. The van der Waals surface area contributed by atoms with Gasteiger partial charge in [0.2, 0.25) is 0 Å². The van der Waals surface area contributed by atoms with Crippen molar-refractivity contribution in [3.8, 4) is 0 Å². The summed E-state index contributed by atoms with van der Waals surface area (Å²) in [5.41, 5.74) is 0. The van der Waals surface area contributed by atoms with Crippen molar-refractivity contribution in [2.45, 2.75) is 45.4 Å². The molecule has 1 radical (unpaired) electrons. The van der Waals surface area contributed by atoms with E-state index < -0.39 is 0 Å². The summed E-state index contributed by atoms with van der Waals surface area (Å²) in [6, 6.07) is 0. The molecule has 0 bridgehead atoms. The normalized spacial score (nSPS) is 10.9. The second kappa shape index (κ2) is 8.06. The molecule has 0 heterocycles.